The summed E-state index contributed by atoms with van der Waals surface area (Å²) in [6.45, 7) is 4.60. The molecule has 0 saturated carbocycles. The molecule has 0 bridgehead atoms. The van der Waals surface area contributed by atoms with Gasteiger partial charge in [0.2, 0.25) is 0 Å². The van der Waals surface area contributed by atoms with Gasteiger partial charge in [-0.2, -0.15) is 0 Å². The Labute approximate surface area is 139 Å². The lowest BCUT2D eigenvalue weighted by Gasteiger charge is -2.34. The third kappa shape index (κ3) is 2.71. The Balaban J connectivity index is 1.46. The van der Waals surface area contributed by atoms with E-state index in [1.165, 1.54) is 0 Å². The summed E-state index contributed by atoms with van der Waals surface area (Å²) in [5.74, 6) is 1.97. The topological polar surface area (TPSA) is 62.5 Å². The van der Waals surface area contributed by atoms with Crippen LogP contribution in [-0.2, 0) is 0 Å². The number of carbonyl (C=O) groups is 1. The normalized spacial score (nSPS) is 15.0. The number of aryl methyl sites for hydroxylation is 1. The minimum atomic E-state index is -0.0488. The highest BCUT2D eigenvalue weighted by atomic mass is 16.3. The van der Waals surface area contributed by atoms with Crippen LogP contribution in [0.2, 0.25) is 0 Å². The van der Waals surface area contributed by atoms with Gasteiger partial charge in [-0.15, -0.1) is 0 Å². The van der Waals surface area contributed by atoms with Crippen molar-refractivity contribution in [2.24, 2.45) is 0 Å². The monoisotopic (exact) mass is 322 g/mol. The molecular formula is C18H18N4O2. The lowest BCUT2D eigenvalue weighted by molar-refractivity contribution is 0.0713. The molecule has 1 amide bonds. The fourth-order valence-electron chi connectivity index (χ4n) is 2.94. The number of nitrogens with zero attached hydrogens (tertiary/aromatic N) is 4. The molecule has 0 N–H and O–H groups in total. The van der Waals surface area contributed by atoms with Crippen LogP contribution in [0, 0.1) is 6.92 Å². The molecule has 4 rings (SSSR count). The van der Waals surface area contributed by atoms with E-state index < -0.39 is 0 Å². The van der Waals surface area contributed by atoms with Crippen molar-refractivity contribution in [1.29, 1.82) is 0 Å². The molecule has 1 fully saturated rings. The number of hydrogen-bond donors (Lipinski definition) is 0. The summed E-state index contributed by atoms with van der Waals surface area (Å²) in [5, 5.41) is 0. The van der Waals surface area contributed by atoms with Crippen LogP contribution >= 0.6 is 0 Å². The summed E-state index contributed by atoms with van der Waals surface area (Å²) in [6.07, 6.45) is 1.80. The Bertz CT molecular complexity index is 881. The van der Waals surface area contributed by atoms with Crippen LogP contribution in [0.3, 0.4) is 0 Å². The molecule has 24 heavy (non-hydrogen) atoms. The van der Waals surface area contributed by atoms with Crippen LogP contribution in [0.4, 0.5) is 5.82 Å². The van der Waals surface area contributed by atoms with Crippen LogP contribution in [0.25, 0.3) is 11.0 Å². The maximum Gasteiger partial charge on any atom is 0.289 e. The summed E-state index contributed by atoms with van der Waals surface area (Å²) in [6, 6.07) is 11.4. The molecule has 0 unspecified atom stereocenters. The first kappa shape index (κ1) is 14.7. The van der Waals surface area contributed by atoms with Crippen molar-refractivity contribution in [1.82, 2.24) is 14.9 Å². The molecule has 1 aliphatic rings. The predicted molar refractivity (Wildman–Crippen MR) is 91.1 cm³/mol. The lowest BCUT2D eigenvalue weighted by Crippen LogP contribution is -2.49. The zero-order valence-electron chi connectivity index (χ0n) is 13.5. The minimum Gasteiger partial charge on any atom is -0.456 e. The molecule has 1 aromatic carbocycles. The molecule has 0 spiro atoms. The van der Waals surface area contributed by atoms with Crippen molar-refractivity contribution in [3.05, 3.63) is 54.1 Å². The average molecular weight is 322 g/mol. The Morgan fingerprint density at radius 3 is 2.50 bits per heavy atom. The smallest absolute Gasteiger partial charge is 0.289 e. The van der Waals surface area contributed by atoms with Gasteiger partial charge in [0, 0.05) is 26.2 Å². The van der Waals surface area contributed by atoms with Crippen LogP contribution in [0.1, 0.15) is 16.3 Å². The van der Waals surface area contributed by atoms with Crippen molar-refractivity contribution in [3.8, 4) is 0 Å². The van der Waals surface area contributed by atoms with Gasteiger partial charge >= 0.3 is 0 Å². The third-order valence-electron chi connectivity index (χ3n) is 4.28. The van der Waals surface area contributed by atoms with E-state index in [0.29, 0.717) is 18.8 Å². The summed E-state index contributed by atoms with van der Waals surface area (Å²) in [7, 11) is 0. The summed E-state index contributed by atoms with van der Waals surface area (Å²) in [5.41, 5.74) is 1.78. The molecule has 2 aromatic heterocycles. The Morgan fingerprint density at radius 2 is 1.79 bits per heavy atom. The number of aromatic nitrogens is 2. The first-order valence-corrected chi connectivity index (χ1v) is 8.03. The standard InChI is InChI=1S/C18H18N4O2/c1-13-6-7-16(24-13)18(23)22-10-8-21(9-11-22)17-12-19-14-4-2-3-5-15(14)20-17/h2-7,12H,8-11H2,1H3. The van der Waals surface area contributed by atoms with Gasteiger partial charge in [0.1, 0.15) is 11.6 Å². The van der Waals surface area contributed by atoms with Gasteiger partial charge in [-0.25, -0.2) is 4.98 Å². The largest absolute Gasteiger partial charge is 0.456 e. The number of amides is 1. The quantitative estimate of drug-likeness (QED) is 0.725. The number of benzene rings is 1. The van der Waals surface area contributed by atoms with Crippen molar-refractivity contribution in [2.45, 2.75) is 6.92 Å². The molecule has 3 aromatic rings. The van der Waals surface area contributed by atoms with Crippen molar-refractivity contribution >= 4 is 22.8 Å². The molecule has 0 atom stereocenters. The van der Waals surface area contributed by atoms with E-state index in [0.717, 1.165) is 35.7 Å². The minimum absolute atomic E-state index is 0.0488. The number of furan rings is 1. The number of carbonyl (C=O) groups excluding carboxylic acids is 1. The van der Waals surface area contributed by atoms with Gasteiger partial charge in [-0.05, 0) is 31.2 Å². The summed E-state index contributed by atoms with van der Waals surface area (Å²) < 4.78 is 5.43. The summed E-state index contributed by atoms with van der Waals surface area (Å²) in [4.78, 5) is 25.5. The van der Waals surface area contributed by atoms with E-state index in [2.05, 4.69) is 14.9 Å². The van der Waals surface area contributed by atoms with E-state index in [4.69, 9.17) is 4.42 Å². The fourth-order valence-corrected chi connectivity index (χ4v) is 2.94. The van der Waals surface area contributed by atoms with E-state index in [9.17, 15) is 4.79 Å². The molecule has 6 heteroatoms. The molecule has 1 aliphatic heterocycles. The van der Waals surface area contributed by atoms with Gasteiger partial charge < -0.3 is 14.2 Å². The Morgan fingerprint density at radius 1 is 1.04 bits per heavy atom. The van der Waals surface area contributed by atoms with Gasteiger partial charge in [-0.3, -0.25) is 9.78 Å². The number of rotatable bonds is 2. The third-order valence-corrected chi connectivity index (χ3v) is 4.28. The summed E-state index contributed by atoms with van der Waals surface area (Å²) >= 11 is 0. The van der Waals surface area contributed by atoms with Gasteiger partial charge in [0.05, 0.1) is 17.2 Å². The Kier molecular flexibility index (Phi) is 3.65. The number of anilines is 1. The number of fused-ring (bicyclic) bond motifs is 1. The second-order valence-corrected chi connectivity index (χ2v) is 5.91. The van der Waals surface area contributed by atoms with E-state index in [-0.39, 0.29) is 5.91 Å². The van der Waals surface area contributed by atoms with E-state index in [1.807, 2.05) is 42.2 Å². The van der Waals surface area contributed by atoms with Crippen molar-refractivity contribution in [2.75, 3.05) is 31.1 Å². The number of piperazine rings is 1. The highest BCUT2D eigenvalue weighted by Gasteiger charge is 2.24. The van der Waals surface area contributed by atoms with Crippen LogP contribution < -0.4 is 4.90 Å². The molecule has 6 nitrogen and oxygen atoms in total. The van der Waals surface area contributed by atoms with Gasteiger partial charge in [-0.1, -0.05) is 12.1 Å². The molecule has 0 radical (unpaired) electrons. The first-order valence-electron chi connectivity index (χ1n) is 8.03. The highest BCUT2D eigenvalue weighted by Crippen LogP contribution is 2.18. The Hall–Kier alpha value is -2.89. The number of para-hydroxylation sites is 2. The van der Waals surface area contributed by atoms with Crippen LogP contribution in [0.15, 0.2) is 47.0 Å². The molecule has 122 valence electrons. The molecule has 3 heterocycles. The predicted octanol–water partition coefficient (Wildman–Crippen LogP) is 2.49. The molecular weight excluding hydrogens is 304 g/mol. The van der Waals surface area contributed by atoms with Crippen LogP contribution in [0.5, 0.6) is 0 Å². The maximum absolute atomic E-state index is 12.4. The molecule has 0 aliphatic carbocycles. The second kappa shape index (κ2) is 5.96. The highest BCUT2D eigenvalue weighted by molar-refractivity contribution is 5.91. The van der Waals surface area contributed by atoms with E-state index in [1.54, 1.807) is 12.3 Å². The first-order chi connectivity index (χ1) is 11.7. The second-order valence-electron chi connectivity index (χ2n) is 5.91. The maximum atomic E-state index is 12.4. The fraction of sp³-hybridized carbons (Fsp3) is 0.278. The van der Waals surface area contributed by atoms with Crippen LogP contribution in [-0.4, -0.2) is 47.0 Å². The van der Waals surface area contributed by atoms with E-state index >= 15 is 0 Å². The number of hydrogen-bond acceptors (Lipinski definition) is 5. The van der Waals surface area contributed by atoms with Gasteiger partial charge in [0.25, 0.3) is 5.91 Å². The average Bonchev–Trinajstić information content (AvgIpc) is 3.07. The van der Waals surface area contributed by atoms with Gasteiger partial charge in [0.15, 0.2) is 5.76 Å². The zero-order chi connectivity index (χ0) is 16.5. The molecule has 1 saturated heterocycles. The van der Waals surface area contributed by atoms with Crippen molar-refractivity contribution < 1.29 is 9.21 Å². The SMILES string of the molecule is Cc1ccc(C(=O)N2CCN(c3cnc4ccccc4n3)CC2)o1. The zero-order valence-corrected chi connectivity index (χ0v) is 13.5. The lowest BCUT2D eigenvalue weighted by atomic mass is 10.2. The van der Waals surface area contributed by atoms with Crippen molar-refractivity contribution in [3.63, 3.8) is 0 Å².